The Balaban J connectivity index is 0.00000512. The van der Waals surface area contributed by atoms with Crippen LogP contribution in [0.3, 0.4) is 0 Å². The van der Waals surface area contributed by atoms with Crippen molar-refractivity contribution in [2.24, 2.45) is 0 Å². The Morgan fingerprint density at radius 3 is 2.22 bits per heavy atom. The summed E-state index contributed by atoms with van der Waals surface area (Å²) >= 11 is 0. The number of ether oxygens (including phenoxy) is 1. The second kappa shape index (κ2) is 13.4. The number of benzene rings is 2. The van der Waals surface area contributed by atoms with Crippen LogP contribution in [0.1, 0.15) is 24.8 Å². The molecule has 0 saturated heterocycles. The first-order chi connectivity index (χ1) is 14.8. The molecular formula is C22H32ClN3O5S. The molecule has 0 heterocycles. The standard InChI is InChI=1S/C22H31N3O5S.ClH/c1-24(2)16-8-7-11-21(22(26)23-27)25(17-18-9-5-4-6-10-18)31(28,29)20-14-12-19(30-3)13-15-20;/h4-6,9-10,12-15,21,27H,7-8,11,16-17H2,1-3H3,(H,23,26);1H. The number of unbranched alkanes of at least 4 members (excludes halogenated alkanes) is 1. The van der Waals surface area contributed by atoms with Crippen molar-refractivity contribution in [3.05, 3.63) is 60.2 Å². The zero-order chi connectivity index (χ0) is 22.9. The molecular weight excluding hydrogens is 454 g/mol. The molecule has 0 fully saturated rings. The van der Waals surface area contributed by atoms with Crippen molar-refractivity contribution in [3.8, 4) is 5.75 Å². The Morgan fingerprint density at radius 1 is 1.06 bits per heavy atom. The van der Waals surface area contributed by atoms with E-state index in [1.165, 1.54) is 19.2 Å². The minimum atomic E-state index is -4.04. The van der Waals surface area contributed by atoms with Crippen molar-refractivity contribution >= 4 is 28.3 Å². The van der Waals surface area contributed by atoms with E-state index in [0.29, 0.717) is 12.2 Å². The van der Waals surface area contributed by atoms with E-state index >= 15 is 0 Å². The smallest absolute Gasteiger partial charge is 0.261 e. The second-order valence-corrected chi connectivity index (χ2v) is 9.39. The molecule has 10 heteroatoms. The number of hydroxylamine groups is 1. The molecule has 0 radical (unpaired) electrons. The molecule has 178 valence electrons. The summed E-state index contributed by atoms with van der Waals surface area (Å²) in [5.74, 6) is -0.222. The Bertz CT molecular complexity index is 924. The summed E-state index contributed by atoms with van der Waals surface area (Å²) in [6.45, 7) is 0.818. The number of nitrogens with zero attached hydrogens (tertiary/aromatic N) is 2. The fourth-order valence-electron chi connectivity index (χ4n) is 3.26. The van der Waals surface area contributed by atoms with Crippen molar-refractivity contribution in [2.75, 3.05) is 27.7 Å². The first-order valence-corrected chi connectivity index (χ1v) is 11.5. The van der Waals surface area contributed by atoms with Gasteiger partial charge in [0.1, 0.15) is 11.8 Å². The zero-order valence-corrected chi connectivity index (χ0v) is 20.2. The molecule has 2 aromatic rings. The third-order valence-electron chi connectivity index (χ3n) is 4.94. The number of halogens is 1. The van der Waals surface area contributed by atoms with E-state index in [4.69, 9.17) is 4.74 Å². The van der Waals surface area contributed by atoms with E-state index in [-0.39, 0.29) is 30.3 Å². The van der Waals surface area contributed by atoms with Crippen LogP contribution in [0.15, 0.2) is 59.5 Å². The SMILES string of the molecule is COc1ccc(S(=O)(=O)N(Cc2ccccc2)C(CCCCN(C)C)C(=O)NO)cc1.Cl. The Kier molecular flexibility index (Phi) is 11.7. The monoisotopic (exact) mass is 485 g/mol. The number of rotatable bonds is 12. The third kappa shape index (κ3) is 7.75. The van der Waals surface area contributed by atoms with E-state index in [1.807, 2.05) is 37.2 Å². The summed E-state index contributed by atoms with van der Waals surface area (Å²) in [6.07, 6.45) is 1.70. The van der Waals surface area contributed by atoms with Gasteiger partial charge >= 0.3 is 0 Å². The summed E-state index contributed by atoms with van der Waals surface area (Å²) in [5, 5.41) is 9.32. The quantitative estimate of drug-likeness (QED) is 0.272. The van der Waals surface area contributed by atoms with E-state index < -0.39 is 22.0 Å². The fraction of sp³-hybridized carbons (Fsp3) is 0.409. The van der Waals surface area contributed by atoms with Gasteiger partial charge in [-0.05, 0) is 63.3 Å². The molecule has 0 saturated carbocycles. The summed E-state index contributed by atoms with van der Waals surface area (Å²) in [4.78, 5) is 14.6. The Morgan fingerprint density at radius 2 is 1.69 bits per heavy atom. The van der Waals surface area contributed by atoms with Gasteiger partial charge in [-0.25, -0.2) is 13.9 Å². The molecule has 2 aromatic carbocycles. The maximum absolute atomic E-state index is 13.6. The minimum Gasteiger partial charge on any atom is -0.497 e. The van der Waals surface area contributed by atoms with Gasteiger partial charge in [0.05, 0.1) is 12.0 Å². The largest absolute Gasteiger partial charge is 0.497 e. The Hall–Kier alpha value is -2.17. The highest BCUT2D eigenvalue weighted by Gasteiger charge is 2.35. The predicted octanol–water partition coefficient (Wildman–Crippen LogP) is 2.91. The number of amides is 1. The molecule has 0 aliphatic heterocycles. The molecule has 32 heavy (non-hydrogen) atoms. The maximum atomic E-state index is 13.6. The zero-order valence-electron chi connectivity index (χ0n) is 18.6. The molecule has 2 rings (SSSR count). The molecule has 1 atom stereocenters. The van der Waals surface area contributed by atoms with Crippen molar-refractivity contribution in [1.82, 2.24) is 14.7 Å². The summed E-state index contributed by atoms with van der Waals surface area (Å²) in [6, 6.07) is 14.0. The summed E-state index contributed by atoms with van der Waals surface area (Å²) in [7, 11) is 1.37. The van der Waals surface area contributed by atoms with Gasteiger partial charge < -0.3 is 9.64 Å². The average molecular weight is 486 g/mol. The predicted molar refractivity (Wildman–Crippen MR) is 126 cm³/mol. The molecule has 0 aliphatic rings. The number of methoxy groups -OCH3 is 1. The Labute approximate surface area is 196 Å². The lowest BCUT2D eigenvalue weighted by Gasteiger charge is -2.30. The van der Waals surface area contributed by atoms with Crippen LogP contribution in [0.25, 0.3) is 0 Å². The maximum Gasteiger partial charge on any atom is 0.261 e. The number of hydrogen-bond donors (Lipinski definition) is 2. The fourth-order valence-corrected chi connectivity index (χ4v) is 4.86. The van der Waals surface area contributed by atoms with Crippen LogP contribution in [-0.4, -0.2) is 62.5 Å². The van der Waals surface area contributed by atoms with Crippen LogP contribution < -0.4 is 10.2 Å². The highest BCUT2D eigenvalue weighted by molar-refractivity contribution is 7.89. The van der Waals surface area contributed by atoms with Crippen LogP contribution >= 0.6 is 12.4 Å². The lowest BCUT2D eigenvalue weighted by molar-refractivity contribution is -0.133. The number of sulfonamides is 1. The molecule has 0 bridgehead atoms. The lowest BCUT2D eigenvalue weighted by atomic mass is 10.1. The lowest BCUT2D eigenvalue weighted by Crippen LogP contribution is -2.48. The van der Waals surface area contributed by atoms with E-state index in [1.54, 1.807) is 29.7 Å². The molecule has 1 amide bonds. The normalized spacial score (nSPS) is 12.3. The highest BCUT2D eigenvalue weighted by Crippen LogP contribution is 2.25. The first kappa shape index (κ1) is 27.9. The van der Waals surface area contributed by atoms with Gasteiger partial charge in [-0.2, -0.15) is 4.31 Å². The topological polar surface area (TPSA) is 99.2 Å². The van der Waals surface area contributed by atoms with Crippen molar-refractivity contribution in [1.29, 1.82) is 0 Å². The van der Waals surface area contributed by atoms with Crippen molar-refractivity contribution in [3.63, 3.8) is 0 Å². The van der Waals surface area contributed by atoms with Gasteiger partial charge in [-0.15, -0.1) is 12.4 Å². The van der Waals surface area contributed by atoms with Gasteiger partial charge in [0.25, 0.3) is 5.91 Å². The second-order valence-electron chi connectivity index (χ2n) is 7.50. The van der Waals surface area contributed by atoms with Crippen LogP contribution in [0, 0.1) is 0 Å². The molecule has 0 aliphatic carbocycles. The van der Waals surface area contributed by atoms with Crippen LogP contribution in [-0.2, 0) is 21.4 Å². The van der Waals surface area contributed by atoms with Gasteiger partial charge in [-0.1, -0.05) is 36.8 Å². The van der Waals surface area contributed by atoms with Crippen LogP contribution in [0.5, 0.6) is 5.75 Å². The van der Waals surface area contributed by atoms with E-state index in [0.717, 1.165) is 22.8 Å². The van der Waals surface area contributed by atoms with Gasteiger partial charge in [0.2, 0.25) is 10.0 Å². The third-order valence-corrected chi connectivity index (χ3v) is 6.81. The number of nitrogens with one attached hydrogen (secondary N) is 1. The molecule has 8 nitrogen and oxygen atoms in total. The number of carbonyl (C=O) groups excluding carboxylic acids is 1. The average Bonchev–Trinajstić information content (AvgIpc) is 2.78. The van der Waals surface area contributed by atoms with Crippen molar-refractivity contribution in [2.45, 2.75) is 36.7 Å². The molecule has 2 N–H and O–H groups in total. The summed E-state index contributed by atoms with van der Waals surface area (Å²) < 4.78 is 33.4. The molecule has 0 spiro atoms. The number of carbonyl (C=O) groups is 1. The van der Waals surface area contributed by atoms with Crippen LogP contribution in [0.4, 0.5) is 0 Å². The van der Waals surface area contributed by atoms with E-state index in [9.17, 15) is 18.4 Å². The van der Waals surface area contributed by atoms with Crippen molar-refractivity contribution < 1.29 is 23.2 Å². The van der Waals surface area contributed by atoms with Gasteiger partial charge in [0.15, 0.2) is 0 Å². The minimum absolute atomic E-state index is 0. The molecule has 1 unspecified atom stereocenters. The summed E-state index contributed by atoms with van der Waals surface area (Å²) in [5.41, 5.74) is 2.39. The van der Waals surface area contributed by atoms with Gasteiger partial charge in [-0.3, -0.25) is 10.0 Å². The van der Waals surface area contributed by atoms with Gasteiger partial charge in [0, 0.05) is 6.54 Å². The van der Waals surface area contributed by atoms with E-state index in [2.05, 4.69) is 0 Å². The highest BCUT2D eigenvalue weighted by atomic mass is 35.5. The first-order valence-electron chi connectivity index (χ1n) is 10.1. The molecule has 0 aromatic heterocycles. The number of hydrogen-bond acceptors (Lipinski definition) is 6. The van der Waals surface area contributed by atoms with Crippen LogP contribution in [0.2, 0.25) is 0 Å².